The normalized spacial score (nSPS) is 14.4. The number of aryl methyl sites for hydroxylation is 3. The Morgan fingerprint density at radius 2 is 1.69 bits per heavy atom. The number of methoxy groups -OCH3 is 1. The molecule has 2 aliphatic rings. The highest BCUT2D eigenvalue weighted by Crippen LogP contribution is 2.31. The summed E-state index contributed by atoms with van der Waals surface area (Å²) in [5.74, 6) is 0.213. The first-order valence-electron chi connectivity index (χ1n) is 13.7. The summed E-state index contributed by atoms with van der Waals surface area (Å²) < 4.78 is 4.26. The van der Waals surface area contributed by atoms with Crippen molar-refractivity contribution in [1.82, 2.24) is 19.9 Å². The number of nitrogens with one attached hydrogen (secondary N) is 2. The van der Waals surface area contributed by atoms with Gasteiger partial charge in [0, 0.05) is 51.4 Å². The van der Waals surface area contributed by atoms with E-state index in [1.54, 1.807) is 6.92 Å². The van der Waals surface area contributed by atoms with Crippen molar-refractivity contribution in [2.45, 2.75) is 73.6 Å². The number of fused-ring (bicyclic) bond motifs is 8. The molecular formula is C33H40N4O2. The molecule has 6 nitrogen and oxygen atoms in total. The molecule has 0 saturated heterocycles. The Morgan fingerprint density at radius 1 is 1.00 bits per heavy atom. The van der Waals surface area contributed by atoms with E-state index in [-0.39, 0.29) is 5.97 Å². The Morgan fingerprint density at radius 3 is 2.31 bits per heavy atom. The number of hydrogen-bond donors (Lipinski definition) is 2. The fraction of sp³-hybridized carbons (Fsp3) is 0.364. The maximum Gasteiger partial charge on any atom is 0.305 e. The number of H-pyrrole nitrogens is 2. The van der Waals surface area contributed by atoms with Gasteiger partial charge in [-0.05, 0) is 92.6 Å². The minimum absolute atomic E-state index is 0.157. The van der Waals surface area contributed by atoms with Gasteiger partial charge in [-0.25, -0.2) is 4.98 Å². The quantitative estimate of drug-likeness (QED) is 0.341. The molecule has 2 N–H and O–H groups in total. The van der Waals surface area contributed by atoms with Crippen LogP contribution in [0.25, 0.3) is 39.8 Å². The molecule has 1 unspecified atom stereocenters. The molecule has 0 saturated carbocycles. The van der Waals surface area contributed by atoms with Crippen LogP contribution in [0.15, 0.2) is 24.8 Å². The van der Waals surface area contributed by atoms with Crippen LogP contribution in [0.3, 0.4) is 0 Å². The van der Waals surface area contributed by atoms with Crippen LogP contribution in [-0.4, -0.2) is 33.0 Å². The van der Waals surface area contributed by atoms with Crippen molar-refractivity contribution >= 4 is 45.8 Å². The zero-order chi connectivity index (χ0) is 28.4. The summed E-state index contributed by atoms with van der Waals surface area (Å²) in [5, 5.41) is 0. The fourth-order valence-corrected chi connectivity index (χ4v) is 5.28. The summed E-state index contributed by atoms with van der Waals surface area (Å²) in [7, 11) is 1.38. The van der Waals surface area contributed by atoms with Crippen LogP contribution in [0.2, 0.25) is 0 Å². The van der Waals surface area contributed by atoms with Crippen LogP contribution < -0.4 is 0 Å². The summed E-state index contributed by atoms with van der Waals surface area (Å²) >= 11 is 0. The van der Waals surface area contributed by atoms with E-state index < -0.39 is 0 Å². The molecule has 204 valence electrons. The van der Waals surface area contributed by atoms with Crippen molar-refractivity contribution in [2.24, 2.45) is 0 Å². The SMILES string of the molecule is C=Cc1c(C)c2cc3nc(c(C)c4nc(cc5[nH]c(cc1[nH]2)c(C)c5CC)C(C)=C4)CC3C.CCC(=O)OC. The first-order valence-corrected chi connectivity index (χ1v) is 13.7. The number of allylic oxidation sites excluding steroid dienone is 1. The van der Waals surface area contributed by atoms with Crippen molar-refractivity contribution in [1.29, 1.82) is 0 Å². The average molecular weight is 525 g/mol. The first-order chi connectivity index (χ1) is 18.6. The van der Waals surface area contributed by atoms with Crippen molar-refractivity contribution in [2.75, 3.05) is 7.11 Å². The molecule has 0 spiro atoms. The van der Waals surface area contributed by atoms with Gasteiger partial charge in [-0.15, -0.1) is 0 Å². The minimum Gasteiger partial charge on any atom is -0.469 e. The maximum atomic E-state index is 9.96. The monoisotopic (exact) mass is 524 g/mol. The molecule has 0 aromatic carbocycles. The van der Waals surface area contributed by atoms with Crippen molar-refractivity contribution in [3.8, 4) is 0 Å². The number of esters is 1. The Labute approximate surface area is 231 Å². The topological polar surface area (TPSA) is 83.7 Å². The zero-order valence-electron chi connectivity index (χ0n) is 24.5. The third-order valence-electron chi connectivity index (χ3n) is 7.84. The van der Waals surface area contributed by atoms with Crippen LogP contribution in [0.1, 0.15) is 90.6 Å². The van der Waals surface area contributed by atoms with E-state index >= 15 is 0 Å². The molecule has 5 heterocycles. The van der Waals surface area contributed by atoms with Gasteiger partial charge in [0.25, 0.3) is 0 Å². The molecular weight excluding hydrogens is 484 g/mol. The highest BCUT2D eigenvalue weighted by Gasteiger charge is 2.20. The fourth-order valence-electron chi connectivity index (χ4n) is 5.28. The second kappa shape index (κ2) is 11.4. The van der Waals surface area contributed by atoms with Crippen LogP contribution >= 0.6 is 0 Å². The molecule has 6 heteroatoms. The molecule has 2 aliphatic heterocycles. The van der Waals surface area contributed by atoms with E-state index in [9.17, 15) is 4.79 Å². The number of nitrogens with zero attached hydrogens (tertiary/aromatic N) is 2. The van der Waals surface area contributed by atoms with Gasteiger partial charge >= 0.3 is 5.97 Å². The second-order valence-electron chi connectivity index (χ2n) is 10.4. The molecule has 0 fully saturated rings. The molecule has 3 aromatic heterocycles. The third kappa shape index (κ3) is 5.47. The van der Waals surface area contributed by atoms with Crippen molar-refractivity contribution in [3.63, 3.8) is 0 Å². The average Bonchev–Trinajstić information content (AvgIpc) is 3.64. The van der Waals surface area contributed by atoms with Crippen molar-refractivity contribution in [3.05, 3.63) is 75.4 Å². The molecule has 39 heavy (non-hydrogen) atoms. The summed E-state index contributed by atoms with van der Waals surface area (Å²) in [5.41, 5.74) is 16.0. The Balaban J connectivity index is 0.000000531. The Hall–Kier alpha value is -3.93. The van der Waals surface area contributed by atoms with E-state index in [4.69, 9.17) is 9.97 Å². The van der Waals surface area contributed by atoms with Crippen LogP contribution in [0.5, 0.6) is 0 Å². The Bertz CT molecular complexity index is 1630. The summed E-state index contributed by atoms with van der Waals surface area (Å²) in [6.07, 6.45) is 6.51. The number of aromatic nitrogens is 4. The molecule has 3 aromatic rings. The number of rotatable bonds is 3. The largest absolute Gasteiger partial charge is 0.469 e. The van der Waals surface area contributed by atoms with Crippen molar-refractivity contribution < 1.29 is 9.53 Å². The predicted octanol–water partition coefficient (Wildman–Crippen LogP) is 7.92. The molecule has 8 bridgehead atoms. The van der Waals surface area contributed by atoms with Gasteiger partial charge in [-0.1, -0.05) is 33.4 Å². The van der Waals surface area contributed by atoms with Gasteiger partial charge in [-0.3, -0.25) is 9.78 Å². The summed E-state index contributed by atoms with van der Waals surface area (Å²) in [4.78, 5) is 27.3. The lowest BCUT2D eigenvalue weighted by Crippen LogP contribution is -1.94. The maximum absolute atomic E-state index is 9.96. The molecule has 0 aliphatic carbocycles. The van der Waals surface area contributed by atoms with E-state index in [0.29, 0.717) is 12.3 Å². The number of aromatic amines is 2. The summed E-state index contributed by atoms with van der Waals surface area (Å²) in [6.45, 7) is 19.0. The minimum atomic E-state index is -0.157. The second-order valence-corrected chi connectivity index (χ2v) is 10.4. The number of hydrogen-bond acceptors (Lipinski definition) is 4. The molecule has 1 atom stereocenters. The van der Waals surface area contributed by atoms with Crippen LogP contribution in [0.4, 0.5) is 0 Å². The lowest BCUT2D eigenvalue weighted by Gasteiger charge is -2.00. The van der Waals surface area contributed by atoms with Gasteiger partial charge in [0.2, 0.25) is 0 Å². The van der Waals surface area contributed by atoms with E-state index in [1.165, 1.54) is 34.9 Å². The van der Waals surface area contributed by atoms with Gasteiger partial charge in [0.05, 0.1) is 18.5 Å². The summed E-state index contributed by atoms with van der Waals surface area (Å²) in [6, 6.07) is 6.63. The number of carbonyl (C=O) groups excluding carboxylic acids is 1. The van der Waals surface area contributed by atoms with Crippen LogP contribution in [0, 0.1) is 20.8 Å². The lowest BCUT2D eigenvalue weighted by molar-refractivity contribution is -0.140. The van der Waals surface area contributed by atoms with Gasteiger partial charge in [0.1, 0.15) is 0 Å². The van der Waals surface area contributed by atoms with Gasteiger partial charge in [0.15, 0.2) is 0 Å². The first kappa shape index (κ1) is 28.1. The predicted molar refractivity (Wildman–Crippen MR) is 163 cm³/mol. The lowest BCUT2D eigenvalue weighted by atomic mass is 10.0. The standard InChI is InChI=1S/C29H32N4.C4H8O2/c1-8-20-18(6)27-14-29-21(9-2)17(5)26(32-29)12-22-15(3)10-24(30-22)19(7)25-11-16(4)23(31-25)13-28(20)33-27;1-3-4(5)6-2/h9,11-15,32-33H,2,8,10H2,1,3-7H3;3H2,1-2H3. The van der Waals surface area contributed by atoms with Gasteiger partial charge in [-0.2, -0.15) is 0 Å². The highest BCUT2D eigenvalue weighted by atomic mass is 16.5. The van der Waals surface area contributed by atoms with Crippen LogP contribution in [-0.2, 0) is 22.4 Å². The highest BCUT2D eigenvalue weighted by molar-refractivity contribution is 5.86. The van der Waals surface area contributed by atoms with E-state index in [0.717, 1.165) is 63.2 Å². The number of ether oxygens (including phenoxy) is 1. The number of carbonyl (C=O) groups is 1. The van der Waals surface area contributed by atoms with Gasteiger partial charge < -0.3 is 14.7 Å². The molecule has 5 rings (SSSR count). The zero-order valence-corrected chi connectivity index (χ0v) is 24.5. The Kier molecular flexibility index (Phi) is 8.24. The van der Waals surface area contributed by atoms with E-state index in [2.05, 4.69) is 87.1 Å². The third-order valence-corrected chi connectivity index (χ3v) is 7.84. The molecule has 0 amide bonds. The smallest absolute Gasteiger partial charge is 0.305 e. The molecule has 0 radical (unpaired) electrons. The van der Waals surface area contributed by atoms with E-state index in [1.807, 2.05) is 6.08 Å².